The van der Waals surface area contributed by atoms with E-state index in [9.17, 15) is 4.79 Å². The van der Waals surface area contributed by atoms with Crippen LogP contribution in [0.15, 0.2) is 12.4 Å². The Kier molecular flexibility index (Phi) is 2.21. The van der Waals surface area contributed by atoms with E-state index >= 15 is 0 Å². The fourth-order valence-corrected chi connectivity index (χ4v) is 0.921. The number of carbonyl (C=O) groups excluding carboxylic acids is 1. The molecule has 0 spiro atoms. The average Bonchev–Trinajstić information content (AvgIpc) is 2.37. The molecular formula is C5H5IN2O. The Morgan fingerprint density at radius 1 is 1.89 bits per heavy atom. The molecule has 0 aliphatic carbocycles. The molecule has 0 atom stereocenters. The zero-order valence-corrected chi connectivity index (χ0v) is 6.75. The number of hydrogen-bond donors (Lipinski definition) is 1. The lowest BCUT2D eigenvalue weighted by Gasteiger charge is -1.84. The molecule has 3 nitrogen and oxygen atoms in total. The summed E-state index contributed by atoms with van der Waals surface area (Å²) in [5.41, 5.74) is 0.657. The molecule has 0 fully saturated rings. The zero-order valence-electron chi connectivity index (χ0n) is 4.60. The molecule has 0 amide bonds. The van der Waals surface area contributed by atoms with Crippen molar-refractivity contribution in [1.82, 2.24) is 10.2 Å². The Morgan fingerprint density at radius 2 is 2.67 bits per heavy atom. The van der Waals surface area contributed by atoms with Crippen LogP contribution in [0.3, 0.4) is 0 Å². The highest BCUT2D eigenvalue weighted by Gasteiger charge is 2.02. The minimum Gasteiger partial charge on any atom is -0.293 e. The predicted octanol–water partition coefficient (Wildman–Crippen LogP) is 1.03. The first kappa shape index (κ1) is 6.73. The summed E-state index contributed by atoms with van der Waals surface area (Å²) >= 11 is 2.02. The summed E-state index contributed by atoms with van der Waals surface area (Å²) in [5.74, 6) is 0.115. The lowest BCUT2D eigenvalue weighted by molar-refractivity contribution is 0.102. The summed E-state index contributed by atoms with van der Waals surface area (Å²) in [7, 11) is 0. The van der Waals surface area contributed by atoms with Gasteiger partial charge in [-0.25, -0.2) is 0 Å². The molecule has 1 aromatic rings. The monoisotopic (exact) mass is 236 g/mol. The summed E-state index contributed by atoms with van der Waals surface area (Å²) in [6, 6.07) is 0. The standard InChI is InChI=1S/C5H5IN2O/c6-1-5(9)4-2-7-8-3-4/h2-3H,1H2,(H,7,8). The third-order valence-corrected chi connectivity index (χ3v) is 1.63. The number of aromatic nitrogens is 2. The van der Waals surface area contributed by atoms with Gasteiger partial charge < -0.3 is 0 Å². The van der Waals surface area contributed by atoms with Gasteiger partial charge in [0.2, 0.25) is 0 Å². The highest BCUT2D eigenvalue weighted by atomic mass is 127. The van der Waals surface area contributed by atoms with Crippen molar-refractivity contribution in [2.45, 2.75) is 0 Å². The summed E-state index contributed by atoms with van der Waals surface area (Å²) in [4.78, 5) is 10.8. The molecule has 1 N–H and O–H groups in total. The highest BCUT2D eigenvalue weighted by Crippen LogP contribution is 1.97. The maximum absolute atomic E-state index is 10.8. The van der Waals surface area contributed by atoms with Crippen molar-refractivity contribution < 1.29 is 4.79 Å². The van der Waals surface area contributed by atoms with Crippen molar-refractivity contribution in [3.05, 3.63) is 18.0 Å². The maximum Gasteiger partial charge on any atom is 0.175 e. The van der Waals surface area contributed by atoms with E-state index in [0.717, 1.165) is 0 Å². The van der Waals surface area contributed by atoms with Gasteiger partial charge >= 0.3 is 0 Å². The minimum atomic E-state index is 0.115. The smallest absolute Gasteiger partial charge is 0.175 e. The number of H-pyrrole nitrogens is 1. The lowest BCUT2D eigenvalue weighted by Crippen LogP contribution is -1.96. The number of nitrogens with one attached hydrogen (secondary N) is 1. The molecule has 0 radical (unpaired) electrons. The molecule has 0 aromatic carbocycles. The molecule has 1 rings (SSSR count). The number of halogens is 1. The van der Waals surface area contributed by atoms with Gasteiger partial charge in [0.1, 0.15) is 0 Å². The number of hydrogen-bond acceptors (Lipinski definition) is 2. The Hall–Kier alpha value is -0.390. The zero-order chi connectivity index (χ0) is 6.69. The molecule has 0 aliphatic heterocycles. The number of Topliss-reactive ketones (excluding diaryl/α,β-unsaturated/α-hetero) is 1. The lowest BCUT2D eigenvalue weighted by atomic mass is 10.3. The second kappa shape index (κ2) is 2.95. The van der Waals surface area contributed by atoms with Gasteiger partial charge in [0.05, 0.1) is 16.2 Å². The van der Waals surface area contributed by atoms with Crippen LogP contribution in [0.2, 0.25) is 0 Å². The largest absolute Gasteiger partial charge is 0.293 e. The van der Waals surface area contributed by atoms with Gasteiger partial charge in [-0.1, -0.05) is 22.6 Å². The number of alkyl halides is 1. The predicted molar refractivity (Wildman–Crippen MR) is 41.8 cm³/mol. The van der Waals surface area contributed by atoms with Gasteiger partial charge in [-0.2, -0.15) is 5.10 Å². The van der Waals surface area contributed by atoms with E-state index in [-0.39, 0.29) is 5.78 Å². The Bertz CT molecular complexity index is 195. The molecule has 1 aromatic heterocycles. The van der Waals surface area contributed by atoms with Crippen molar-refractivity contribution in [1.29, 1.82) is 0 Å². The van der Waals surface area contributed by atoms with Crippen LogP contribution in [0, 0.1) is 0 Å². The van der Waals surface area contributed by atoms with Crippen molar-refractivity contribution >= 4 is 28.4 Å². The Balaban J connectivity index is 2.77. The number of ketones is 1. The second-order valence-corrected chi connectivity index (χ2v) is 2.31. The van der Waals surface area contributed by atoms with E-state index in [1.54, 1.807) is 6.20 Å². The van der Waals surface area contributed by atoms with E-state index < -0.39 is 0 Å². The first-order chi connectivity index (χ1) is 4.34. The molecule has 1 heterocycles. The average molecular weight is 236 g/mol. The minimum absolute atomic E-state index is 0.115. The van der Waals surface area contributed by atoms with Crippen LogP contribution in [-0.2, 0) is 0 Å². The van der Waals surface area contributed by atoms with E-state index in [1.807, 2.05) is 22.6 Å². The molecular weight excluding hydrogens is 231 g/mol. The van der Waals surface area contributed by atoms with Gasteiger partial charge in [-0.3, -0.25) is 9.89 Å². The molecule has 9 heavy (non-hydrogen) atoms. The van der Waals surface area contributed by atoms with Crippen molar-refractivity contribution in [3.63, 3.8) is 0 Å². The molecule has 4 heteroatoms. The van der Waals surface area contributed by atoms with Gasteiger partial charge in [0, 0.05) is 6.20 Å². The number of rotatable bonds is 2. The van der Waals surface area contributed by atoms with Crippen molar-refractivity contribution in [2.75, 3.05) is 4.43 Å². The van der Waals surface area contributed by atoms with E-state index in [2.05, 4.69) is 10.2 Å². The summed E-state index contributed by atoms with van der Waals surface area (Å²) < 4.78 is 0.511. The summed E-state index contributed by atoms with van der Waals surface area (Å²) in [5, 5.41) is 6.21. The van der Waals surface area contributed by atoms with Crippen LogP contribution in [0.4, 0.5) is 0 Å². The first-order valence-corrected chi connectivity index (χ1v) is 3.95. The Labute approximate surface area is 66.0 Å². The topological polar surface area (TPSA) is 45.8 Å². The SMILES string of the molecule is O=C(CI)c1cn[nH]c1. The summed E-state index contributed by atoms with van der Waals surface area (Å²) in [6.07, 6.45) is 3.13. The van der Waals surface area contributed by atoms with E-state index in [4.69, 9.17) is 0 Å². The van der Waals surface area contributed by atoms with Gasteiger partial charge in [0.15, 0.2) is 5.78 Å². The molecule has 48 valence electrons. The van der Waals surface area contributed by atoms with Crippen molar-refractivity contribution in [2.24, 2.45) is 0 Å². The molecule has 0 bridgehead atoms. The second-order valence-electron chi connectivity index (χ2n) is 1.54. The van der Waals surface area contributed by atoms with Gasteiger partial charge in [0.25, 0.3) is 0 Å². The first-order valence-electron chi connectivity index (χ1n) is 2.42. The molecule has 0 aliphatic rings. The van der Waals surface area contributed by atoms with Gasteiger partial charge in [-0.05, 0) is 0 Å². The maximum atomic E-state index is 10.8. The summed E-state index contributed by atoms with van der Waals surface area (Å²) in [6.45, 7) is 0. The van der Waals surface area contributed by atoms with Crippen molar-refractivity contribution in [3.8, 4) is 0 Å². The molecule has 0 saturated heterocycles. The number of nitrogens with zero attached hydrogens (tertiary/aromatic N) is 1. The molecule has 0 unspecified atom stereocenters. The quantitative estimate of drug-likeness (QED) is 0.473. The molecule has 0 saturated carbocycles. The van der Waals surface area contributed by atoms with E-state index in [0.29, 0.717) is 9.99 Å². The van der Waals surface area contributed by atoms with E-state index in [1.165, 1.54) is 6.20 Å². The number of carbonyl (C=O) groups is 1. The van der Waals surface area contributed by atoms with Crippen LogP contribution in [0.25, 0.3) is 0 Å². The highest BCUT2D eigenvalue weighted by molar-refractivity contribution is 14.1. The number of aromatic amines is 1. The van der Waals surface area contributed by atoms with Crippen LogP contribution in [0.5, 0.6) is 0 Å². The Morgan fingerprint density at radius 3 is 3.11 bits per heavy atom. The third kappa shape index (κ3) is 1.51. The van der Waals surface area contributed by atoms with Crippen LogP contribution in [0.1, 0.15) is 10.4 Å². The fraction of sp³-hybridized carbons (Fsp3) is 0.200. The fourth-order valence-electron chi connectivity index (χ4n) is 0.481. The van der Waals surface area contributed by atoms with Crippen LogP contribution < -0.4 is 0 Å². The van der Waals surface area contributed by atoms with Gasteiger partial charge in [-0.15, -0.1) is 0 Å². The van der Waals surface area contributed by atoms with Crippen LogP contribution >= 0.6 is 22.6 Å². The third-order valence-electron chi connectivity index (χ3n) is 0.942. The normalized spacial score (nSPS) is 9.44. The van der Waals surface area contributed by atoms with Crippen LogP contribution in [-0.4, -0.2) is 20.4 Å².